The Balaban J connectivity index is 1.08. The number of nitrogen functional groups attached to an aromatic ring is 1. The summed E-state index contributed by atoms with van der Waals surface area (Å²) in [6, 6.07) is 71.9. The van der Waals surface area contributed by atoms with Crippen molar-refractivity contribution in [1.29, 1.82) is 0 Å². The maximum atomic E-state index is 7.20. The van der Waals surface area contributed by atoms with Crippen molar-refractivity contribution in [3.8, 4) is 55.6 Å². The van der Waals surface area contributed by atoms with Crippen molar-refractivity contribution >= 4 is 16.8 Å². The molecule has 3 aliphatic carbocycles. The molecule has 308 valence electrons. The lowest BCUT2D eigenvalue weighted by Crippen LogP contribution is -2.30. The second-order valence-electron chi connectivity index (χ2n) is 18.0. The Morgan fingerprint density at radius 3 is 1.54 bits per heavy atom. The summed E-state index contributed by atoms with van der Waals surface area (Å²) in [6.07, 6.45) is 9.67. The standard InChI is InChI=1S/C63H46N2/c1-63(2)61-53-38-49(46-24-22-43(23-25-46)40-14-6-3-7-15-40)34-35-50(53)60(54(61)39-57-62(63)51-20-12-13-21-56(51)65-57)52-36-37-55(64)59(48-32-28-45(29-33-48)42-18-10-5-11-19-42)58(52)47-30-26-44(27-31-47)41-16-8-4-9-17-41/h3-39,49H,64H2,1-2H3. The molecule has 0 bridgehead atoms. The molecule has 12 rings (SSSR count). The van der Waals surface area contributed by atoms with E-state index in [1.165, 1.54) is 77.6 Å². The van der Waals surface area contributed by atoms with Gasteiger partial charge in [-0.25, -0.2) is 4.99 Å². The van der Waals surface area contributed by atoms with Crippen molar-refractivity contribution < 1.29 is 0 Å². The minimum absolute atomic E-state index is 0.105. The Bertz CT molecular complexity index is 3490. The highest BCUT2D eigenvalue weighted by molar-refractivity contribution is 6.07. The topological polar surface area (TPSA) is 38.4 Å². The third-order valence-corrected chi connectivity index (χ3v) is 13.9. The van der Waals surface area contributed by atoms with Gasteiger partial charge in [0.2, 0.25) is 0 Å². The molecule has 2 heteroatoms. The summed E-state index contributed by atoms with van der Waals surface area (Å²) in [5.41, 5.74) is 30.2. The molecular weight excluding hydrogens is 785 g/mol. The molecule has 0 radical (unpaired) electrons. The van der Waals surface area contributed by atoms with Gasteiger partial charge in [0.1, 0.15) is 0 Å². The molecule has 0 saturated heterocycles. The molecule has 0 spiro atoms. The molecule has 65 heavy (non-hydrogen) atoms. The van der Waals surface area contributed by atoms with E-state index in [1.54, 1.807) is 0 Å². The molecule has 2 N–H and O–H groups in total. The second kappa shape index (κ2) is 15.3. The van der Waals surface area contributed by atoms with Crippen LogP contribution in [0.2, 0.25) is 0 Å². The van der Waals surface area contributed by atoms with E-state index in [9.17, 15) is 0 Å². The van der Waals surface area contributed by atoms with Gasteiger partial charge in [0.05, 0.1) is 11.1 Å². The summed E-state index contributed by atoms with van der Waals surface area (Å²) >= 11 is 0. The fraction of sp³-hybridized carbons (Fsp3) is 0.0635. The molecule has 8 aromatic rings. The minimum atomic E-state index is -0.345. The summed E-state index contributed by atoms with van der Waals surface area (Å²) < 4.78 is 0. The van der Waals surface area contributed by atoms with Crippen molar-refractivity contribution in [2.75, 3.05) is 5.73 Å². The van der Waals surface area contributed by atoms with Gasteiger partial charge in [-0.05, 0) is 113 Å². The van der Waals surface area contributed by atoms with Crippen LogP contribution >= 0.6 is 0 Å². The third kappa shape index (κ3) is 6.44. The Kier molecular flexibility index (Phi) is 9.10. The molecule has 1 atom stereocenters. The quantitative estimate of drug-likeness (QED) is 0.160. The number of anilines is 1. The molecule has 0 aromatic heterocycles. The first-order valence-electron chi connectivity index (χ1n) is 22.6. The van der Waals surface area contributed by atoms with Crippen LogP contribution in [-0.4, -0.2) is 0 Å². The van der Waals surface area contributed by atoms with E-state index in [4.69, 9.17) is 10.7 Å². The summed E-state index contributed by atoms with van der Waals surface area (Å²) in [4.78, 5) is 5.31. The maximum absolute atomic E-state index is 7.20. The molecule has 1 aliphatic heterocycles. The lowest BCUT2D eigenvalue weighted by atomic mass is 9.68. The fourth-order valence-electron chi connectivity index (χ4n) is 10.8. The van der Waals surface area contributed by atoms with Gasteiger partial charge in [-0.1, -0.05) is 220 Å². The van der Waals surface area contributed by atoms with Gasteiger partial charge in [-0.3, -0.25) is 0 Å². The Labute approximate surface area is 380 Å². The third-order valence-electron chi connectivity index (χ3n) is 13.9. The second-order valence-corrected chi connectivity index (χ2v) is 18.0. The first-order chi connectivity index (χ1) is 31.9. The molecule has 1 unspecified atom stereocenters. The monoisotopic (exact) mass is 830 g/mol. The smallest absolute Gasteiger partial charge is 0.0713 e. The largest absolute Gasteiger partial charge is 0.398 e. The number of hydrogen-bond donors (Lipinski definition) is 1. The van der Waals surface area contributed by atoms with E-state index in [-0.39, 0.29) is 11.3 Å². The van der Waals surface area contributed by atoms with Gasteiger partial charge in [0.15, 0.2) is 0 Å². The number of nitrogens with zero attached hydrogens (tertiary/aromatic N) is 1. The number of para-hydroxylation sites is 1. The number of fused-ring (bicyclic) bond motifs is 4. The molecule has 0 saturated carbocycles. The summed E-state index contributed by atoms with van der Waals surface area (Å²) in [6.45, 7) is 4.80. The van der Waals surface area contributed by atoms with Crippen LogP contribution in [0.3, 0.4) is 0 Å². The van der Waals surface area contributed by atoms with Crippen molar-refractivity contribution in [3.63, 3.8) is 0 Å². The zero-order valence-electron chi connectivity index (χ0n) is 36.5. The molecule has 2 nitrogen and oxygen atoms in total. The normalized spacial score (nSPS) is 16.6. The summed E-state index contributed by atoms with van der Waals surface area (Å²) in [5, 5.41) is 2.26. The van der Waals surface area contributed by atoms with Crippen LogP contribution in [0.5, 0.6) is 0 Å². The molecule has 1 heterocycles. The van der Waals surface area contributed by atoms with Crippen LogP contribution in [-0.2, 0) is 0 Å². The van der Waals surface area contributed by atoms with Gasteiger partial charge < -0.3 is 5.73 Å². The number of rotatable bonds is 7. The fourth-order valence-corrected chi connectivity index (χ4v) is 10.8. The molecule has 0 amide bonds. The zero-order chi connectivity index (χ0) is 43.6. The lowest BCUT2D eigenvalue weighted by Gasteiger charge is -2.35. The van der Waals surface area contributed by atoms with Crippen molar-refractivity contribution in [1.82, 2.24) is 0 Å². The van der Waals surface area contributed by atoms with E-state index in [2.05, 4.69) is 238 Å². The number of benzene rings is 8. The predicted octanol–water partition coefficient (Wildman–Crippen LogP) is 14.4. The van der Waals surface area contributed by atoms with Crippen LogP contribution in [0.1, 0.15) is 30.9 Å². The average molecular weight is 831 g/mol. The van der Waals surface area contributed by atoms with Crippen LogP contribution in [0.15, 0.2) is 257 Å². The SMILES string of the molecule is CC1(C)C2=C(C=C3N=c4ccccc4=C31)C(c1ccc(N)c(-c3ccc(-c4ccccc4)cc3)c1-c1ccc(-c3ccccc3)cc1)=C1C=CC(c3ccc(-c4ccccc4)cc3)C=C12. The van der Waals surface area contributed by atoms with Crippen LogP contribution in [0.4, 0.5) is 5.69 Å². The molecular formula is C63H46N2. The first kappa shape index (κ1) is 38.6. The zero-order valence-corrected chi connectivity index (χ0v) is 36.5. The molecule has 4 aliphatic rings. The van der Waals surface area contributed by atoms with E-state index < -0.39 is 0 Å². The summed E-state index contributed by atoms with van der Waals surface area (Å²) in [5.74, 6) is 0.105. The van der Waals surface area contributed by atoms with E-state index in [0.717, 1.165) is 44.6 Å². The Hall–Kier alpha value is -8.07. The predicted molar refractivity (Wildman–Crippen MR) is 271 cm³/mol. The van der Waals surface area contributed by atoms with Gasteiger partial charge >= 0.3 is 0 Å². The van der Waals surface area contributed by atoms with Gasteiger partial charge in [-0.2, -0.15) is 0 Å². The number of hydrogen-bond acceptors (Lipinski definition) is 2. The van der Waals surface area contributed by atoms with Crippen molar-refractivity contribution in [3.05, 3.63) is 274 Å². The van der Waals surface area contributed by atoms with E-state index >= 15 is 0 Å². The molecule has 8 aromatic carbocycles. The first-order valence-corrected chi connectivity index (χ1v) is 22.6. The Morgan fingerprint density at radius 2 is 0.954 bits per heavy atom. The number of allylic oxidation sites excluding steroid dienone is 10. The van der Waals surface area contributed by atoms with E-state index in [0.29, 0.717) is 0 Å². The highest BCUT2D eigenvalue weighted by Gasteiger charge is 2.45. The van der Waals surface area contributed by atoms with Crippen molar-refractivity contribution in [2.24, 2.45) is 10.4 Å². The summed E-state index contributed by atoms with van der Waals surface area (Å²) in [7, 11) is 0. The van der Waals surface area contributed by atoms with Crippen molar-refractivity contribution in [2.45, 2.75) is 19.8 Å². The number of nitrogens with two attached hydrogens (primary N) is 1. The average Bonchev–Trinajstić information content (AvgIpc) is 3.91. The van der Waals surface area contributed by atoms with Gasteiger partial charge in [-0.15, -0.1) is 0 Å². The van der Waals surface area contributed by atoms with Crippen LogP contribution < -0.4 is 16.3 Å². The van der Waals surface area contributed by atoms with Crippen LogP contribution in [0, 0.1) is 5.41 Å². The highest BCUT2D eigenvalue weighted by atomic mass is 14.8. The lowest BCUT2D eigenvalue weighted by molar-refractivity contribution is 0.601. The Morgan fingerprint density at radius 1 is 0.462 bits per heavy atom. The minimum Gasteiger partial charge on any atom is -0.398 e. The van der Waals surface area contributed by atoms with E-state index in [1.807, 2.05) is 0 Å². The van der Waals surface area contributed by atoms with Gasteiger partial charge in [0, 0.05) is 27.8 Å². The maximum Gasteiger partial charge on any atom is 0.0713 e. The van der Waals surface area contributed by atoms with Crippen LogP contribution in [0.25, 0.3) is 66.8 Å². The van der Waals surface area contributed by atoms with Gasteiger partial charge in [0.25, 0.3) is 0 Å². The highest BCUT2D eigenvalue weighted by Crippen LogP contribution is 2.60. The molecule has 0 fully saturated rings.